The van der Waals surface area contributed by atoms with Gasteiger partial charge in [0, 0.05) is 12.1 Å². The van der Waals surface area contributed by atoms with E-state index in [4.69, 9.17) is 9.47 Å². The van der Waals surface area contributed by atoms with Gasteiger partial charge in [0.15, 0.2) is 11.5 Å². The number of amides is 1. The van der Waals surface area contributed by atoms with Crippen LogP contribution in [0.3, 0.4) is 0 Å². The molecular weight excluding hydrogens is 398 g/mol. The average molecular weight is 425 g/mol. The summed E-state index contributed by atoms with van der Waals surface area (Å²) in [6.07, 6.45) is 1.53. The molecule has 7 nitrogen and oxygen atoms in total. The van der Waals surface area contributed by atoms with Crippen LogP contribution in [-0.2, 0) is 9.59 Å². The van der Waals surface area contributed by atoms with Crippen LogP contribution in [0.25, 0.3) is 5.76 Å². The molecule has 0 spiro atoms. The van der Waals surface area contributed by atoms with Gasteiger partial charge in [-0.25, -0.2) is 0 Å². The van der Waals surface area contributed by atoms with Gasteiger partial charge in [0.25, 0.3) is 11.7 Å². The Labute approximate surface area is 181 Å². The van der Waals surface area contributed by atoms with Crippen LogP contribution in [0.5, 0.6) is 17.2 Å². The Kier molecular flexibility index (Phi) is 6.84. The highest BCUT2D eigenvalue weighted by Gasteiger charge is 2.46. The van der Waals surface area contributed by atoms with E-state index in [0.29, 0.717) is 36.4 Å². The number of nitrogens with zero attached hydrogens (tertiary/aromatic N) is 1. The summed E-state index contributed by atoms with van der Waals surface area (Å²) in [7, 11) is 1.44. The number of rotatable bonds is 8. The fraction of sp³-hybridized carbons (Fsp3) is 0.333. The number of benzene rings is 2. The van der Waals surface area contributed by atoms with Gasteiger partial charge in [0.2, 0.25) is 0 Å². The van der Waals surface area contributed by atoms with E-state index in [2.05, 4.69) is 0 Å². The van der Waals surface area contributed by atoms with Crippen LogP contribution >= 0.6 is 0 Å². The van der Waals surface area contributed by atoms with Crippen molar-refractivity contribution < 1.29 is 29.3 Å². The molecule has 0 saturated carbocycles. The van der Waals surface area contributed by atoms with Crippen LogP contribution in [0.2, 0.25) is 0 Å². The zero-order valence-corrected chi connectivity index (χ0v) is 17.9. The number of ketones is 1. The number of unbranched alkanes of at least 4 members (excludes halogenated alkanes) is 1. The van der Waals surface area contributed by atoms with Crippen LogP contribution in [0.4, 0.5) is 0 Å². The lowest BCUT2D eigenvalue weighted by Crippen LogP contribution is -2.30. The van der Waals surface area contributed by atoms with Gasteiger partial charge in [-0.15, -0.1) is 0 Å². The number of carbonyl (C=O) groups excluding carboxylic acids is 2. The normalized spacial score (nSPS) is 17.8. The van der Waals surface area contributed by atoms with Crippen molar-refractivity contribution >= 4 is 17.4 Å². The molecule has 31 heavy (non-hydrogen) atoms. The highest BCUT2D eigenvalue weighted by Crippen LogP contribution is 2.42. The molecule has 0 radical (unpaired) electrons. The van der Waals surface area contributed by atoms with Crippen LogP contribution in [0.15, 0.2) is 48.0 Å². The summed E-state index contributed by atoms with van der Waals surface area (Å²) in [4.78, 5) is 27.3. The average Bonchev–Trinajstić information content (AvgIpc) is 3.02. The van der Waals surface area contributed by atoms with Crippen LogP contribution in [-0.4, -0.2) is 47.1 Å². The molecule has 1 saturated heterocycles. The Bertz CT molecular complexity index is 1010. The van der Waals surface area contributed by atoms with Crippen LogP contribution in [0.1, 0.15) is 43.9 Å². The minimum Gasteiger partial charge on any atom is -0.507 e. The number of aliphatic hydroxyl groups is 1. The molecule has 1 atom stereocenters. The molecule has 0 aliphatic carbocycles. The van der Waals surface area contributed by atoms with Crippen LogP contribution in [0, 0.1) is 0 Å². The fourth-order valence-electron chi connectivity index (χ4n) is 3.72. The van der Waals surface area contributed by atoms with Crippen molar-refractivity contribution in [1.29, 1.82) is 0 Å². The number of phenols is 1. The fourth-order valence-corrected chi connectivity index (χ4v) is 3.72. The van der Waals surface area contributed by atoms with Crippen LogP contribution < -0.4 is 9.47 Å². The summed E-state index contributed by atoms with van der Waals surface area (Å²) >= 11 is 0. The first-order valence-electron chi connectivity index (χ1n) is 10.3. The van der Waals surface area contributed by atoms with E-state index in [9.17, 15) is 19.8 Å². The van der Waals surface area contributed by atoms with E-state index in [-0.39, 0.29) is 22.8 Å². The minimum absolute atomic E-state index is 0.0145. The van der Waals surface area contributed by atoms with Crippen molar-refractivity contribution in [2.45, 2.75) is 32.7 Å². The molecule has 2 aromatic carbocycles. The molecule has 1 amide bonds. The molecule has 7 heteroatoms. The molecule has 1 heterocycles. The van der Waals surface area contributed by atoms with Gasteiger partial charge >= 0.3 is 0 Å². The first-order chi connectivity index (χ1) is 14.9. The van der Waals surface area contributed by atoms with Crippen molar-refractivity contribution in [2.75, 3.05) is 20.3 Å². The van der Waals surface area contributed by atoms with Gasteiger partial charge in [-0.2, -0.15) is 0 Å². The Morgan fingerprint density at radius 3 is 2.55 bits per heavy atom. The predicted octanol–water partition coefficient (Wildman–Crippen LogP) is 4.02. The van der Waals surface area contributed by atoms with Crippen molar-refractivity contribution in [3.63, 3.8) is 0 Å². The maximum atomic E-state index is 13.0. The van der Waals surface area contributed by atoms with E-state index in [1.165, 1.54) is 18.1 Å². The zero-order valence-electron chi connectivity index (χ0n) is 17.9. The summed E-state index contributed by atoms with van der Waals surface area (Å²) in [5, 5.41) is 21.4. The third-order valence-corrected chi connectivity index (χ3v) is 5.23. The van der Waals surface area contributed by atoms with Gasteiger partial charge in [-0.1, -0.05) is 31.5 Å². The van der Waals surface area contributed by atoms with E-state index in [1.54, 1.807) is 36.4 Å². The minimum atomic E-state index is -0.820. The van der Waals surface area contributed by atoms with E-state index < -0.39 is 17.7 Å². The number of phenolic OH excluding ortho intramolecular Hbond substituents is 1. The zero-order chi connectivity index (χ0) is 22.5. The van der Waals surface area contributed by atoms with Gasteiger partial charge in [0.1, 0.15) is 11.5 Å². The molecular formula is C24H27NO6. The summed E-state index contributed by atoms with van der Waals surface area (Å²) in [6, 6.07) is 10.6. The highest BCUT2D eigenvalue weighted by molar-refractivity contribution is 6.46. The molecule has 2 aromatic rings. The third-order valence-electron chi connectivity index (χ3n) is 5.23. The molecule has 3 rings (SSSR count). The van der Waals surface area contributed by atoms with Gasteiger partial charge in [-0.3, -0.25) is 9.59 Å². The number of ether oxygens (including phenoxy) is 2. The number of carbonyl (C=O) groups is 2. The number of hydrogen-bond acceptors (Lipinski definition) is 6. The van der Waals surface area contributed by atoms with Crippen molar-refractivity contribution in [2.24, 2.45) is 0 Å². The number of Topliss-reactive ketones (excluding diaryl/α,β-unsaturated/α-hetero) is 1. The number of likely N-dealkylation sites (tertiary alicyclic amines) is 1. The third kappa shape index (κ3) is 4.35. The van der Waals surface area contributed by atoms with E-state index in [1.807, 2.05) is 13.8 Å². The summed E-state index contributed by atoms with van der Waals surface area (Å²) in [5.41, 5.74) is 0.873. The Hall–Kier alpha value is -3.48. The first kappa shape index (κ1) is 22.2. The van der Waals surface area contributed by atoms with Gasteiger partial charge in [0.05, 0.1) is 25.3 Å². The molecule has 1 fully saturated rings. The number of hydrogen-bond donors (Lipinski definition) is 2. The molecule has 1 aliphatic rings. The SMILES string of the molecule is CCCCN1C(=O)C(=O)/C(=C(\O)c2cccc(OCC)c2)C1c1ccc(OC)c(O)c1. The summed E-state index contributed by atoms with van der Waals surface area (Å²) < 4.78 is 10.6. The smallest absolute Gasteiger partial charge is 0.295 e. The Morgan fingerprint density at radius 1 is 1.13 bits per heavy atom. The quantitative estimate of drug-likeness (QED) is 0.377. The van der Waals surface area contributed by atoms with Crippen molar-refractivity contribution in [3.8, 4) is 17.2 Å². The first-order valence-corrected chi connectivity index (χ1v) is 10.3. The molecule has 0 aromatic heterocycles. The highest BCUT2D eigenvalue weighted by atomic mass is 16.5. The number of aromatic hydroxyl groups is 1. The maximum Gasteiger partial charge on any atom is 0.295 e. The Morgan fingerprint density at radius 2 is 1.90 bits per heavy atom. The molecule has 164 valence electrons. The largest absolute Gasteiger partial charge is 0.507 e. The van der Waals surface area contributed by atoms with Gasteiger partial charge in [-0.05, 0) is 43.2 Å². The molecule has 0 bridgehead atoms. The molecule has 1 aliphatic heterocycles. The van der Waals surface area contributed by atoms with E-state index >= 15 is 0 Å². The number of aliphatic hydroxyl groups excluding tert-OH is 1. The van der Waals surface area contributed by atoms with Crippen molar-refractivity contribution in [3.05, 3.63) is 59.2 Å². The van der Waals surface area contributed by atoms with Gasteiger partial charge < -0.3 is 24.6 Å². The lowest BCUT2D eigenvalue weighted by molar-refractivity contribution is -0.139. The lowest BCUT2D eigenvalue weighted by atomic mass is 9.95. The summed E-state index contributed by atoms with van der Waals surface area (Å²) in [5.74, 6) is -0.991. The van der Waals surface area contributed by atoms with Crippen molar-refractivity contribution in [1.82, 2.24) is 4.90 Å². The van der Waals surface area contributed by atoms with E-state index in [0.717, 1.165) is 6.42 Å². The second-order valence-corrected chi connectivity index (χ2v) is 7.24. The standard InChI is InChI=1S/C24H27NO6/c1-4-6-12-25-21(15-10-11-19(30-3)18(26)14-15)20(23(28)24(25)29)22(27)16-8-7-9-17(13-16)31-5-2/h7-11,13-14,21,26-27H,4-6,12H2,1-3H3/b22-20-. The second kappa shape index (κ2) is 9.55. The molecule has 2 N–H and O–H groups in total. The summed E-state index contributed by atoms with van der Waals surface area (Å²) in [6.45, 7) is 4.65. The monoisotopic (exact) mass is 425 g/mol. The predicted molar refractivity (Wildman–Crippen MR) is 116 cm³/mol. The molecule has 1 unspecified atom stereocenters. The second-order valence-electron chi connectivity index (χ2n) is 7.24. The lowest BCUT2D eigenvalue weighted by Gasteiger charge is -2.25. The number of methoxy groups -OCH3 is 1. The Balaban J connectivity index is 2.16. The topological polar surface area (TPSA) is 96.3 Å². The maximum absolute atomic E-state index is 13.0.